The van der Waals surface area contributed by atoms with Gasteiger partial charge in [0.2, 0.25) is 0 Å². The number of pyridine rings is 1. The second kappa shape index (κ2) is 7.13. The number of hydrogen-bond acceptors (Lipinski definition) is 4. The first kappa shape index (κ1) is 15.9. The Balaban J connectivity index is 1.66. The fraction of sp³-hybridized carbons (Fsp3) is 0.350. The van der Waals surface area contributed by atoms with Gasteiger partial charge in [-0.3, -0.25) is 4.98 Å². The fourth-order valence-electron chi connectivity index (χ4n) is 3.74. The number of nitrogens with zero attached hydrogens (tertiary/aromatic N) is 4. The van der Waals surface area contributed by atoms with E-state index in [1.54, 1.807) is 30.9 Å². The number of fused-ring (bicyclic) bond motifs is 1. The van der Waals surface area contributed by atoms with Crippen molar-refractivity contribution in [1.29, 1.82) is 0 Å². The van der Waals surface area contributed by atoms with E-state index in [0.717, 1.165) is 35.2 Å². The molecule has 4 nitrogen and oxygen atoms in total. The first-order valence-corrected chi connectivity index (χ1v) is 8.87. The molecule has 0 saturated heterocycles. The van der Waals surface area contributed by atoms with Crippen LogP contribution < -0.4 is 4.90 Å². The lowest BCUT2D eigenvalue weighted by molar-refractivity contribution is 0.597. The summed E-state index contributed by atoms with van der Waals surface area (Å²) in [5.41, 5.74) is 1.88. The number of halogens is 1. The highest BCUT2D eigenvalue weighted by Crippen LogP contribution is 2.31. The minimum absolute atomic E-state index is 0.177. The third kappa shape index (κ3) is 3.45. The summed E-state index contributed by atoms with van der Waals surface area (Å²) in [6, 6.07) is 9.33. The highest BCUT2D eigenvalue weighted by molar-refractivity contribution is 5.88. The zero-order valence-electron chi connectivity index (χ0n) is 14.1. The van der Waals surface area contributed by atoms with Crippen molar-refractivity contribution in [2.75, 3.05) is 11.4 Å². The van der Waals surface area contributed by atoms with E-state index < -0.39 is 0 Å². The number of anilines is 1. The minimum Gasteiger partial charge on any atom is -0.353 e. The monoisotopic (exact) mass is 336 g/mol. The van der Waals surface area contributed by atoms with E-state index in [4.69, 9.17) is 0 Å². The van der Waals surface area contributed by atoms with Crippen LogP contribution in [0.2, 0.25) is 0 Å². The molecule has 1 saturated carbocycles. The van der Waals surface area contributed by atoms with Crippen molar-refractivity contribution < 1.29 is 4.39 Å². The molecule has 0 unspecified atom stereocenters. The molecule has 0 aliphatic heterocycles. The number of rotatable bonds is 5. The van der Waals surface area contributed by atoms with Gasteiger partial charge in [0.05, 0.1) is 11.7 Å². The predicted molar refractivity (Wildman–Crippen MR) is 97.0 cm³/mol. The third-order valence-electron chi connectivity index (χ3n) is 4.99. The lowest BCUT2D eigenvalue weighted by atomic mass is 10.1. The van der Waals surface area contributed by atoms with Crippen LogP contribution >= 0.6 is 0 Å². The van der Waals surface area contributed by atoms with Gasteiger partial charge in [0.15, 0.2) is 0 Å². The highest BCUT2D eigenvalue weighted by Gasteiger charge is 2.25. The molecule has 1 aromatic carbocycles. The molecule has 4 rings (SSSR count). The summed E-state index contributed by atoms with van der Waals surface area (Å²) in [6.07, 6.45) is 10.8. The minimum atomic E-state index is -0.177. The molecule has 25 heavy (non-hydrogen) atoms. The molecule has 1 fully saturated rings. The van der Waals surface area contributed by atoms with Crippen LogP contribution in [0.15, 0.2) is 49.1 Å². The van der Waals surface area contributed by atoms with E-state index in [2.05, 4.69) is 19.9 Å². The molecule has 0 amide bonds. The van der Waals surface area contributed by atoms with Crippen LogP contribution in [0.1, 0.15) is 31.2 Å². The van der Waals surface area contributed by atoms with Gasteiger partial charge in [0, 0.05) is 24.2 Å². The van der Waals surface area contributed by atoms with Gasteiger partial charge < -0.3 is 4.90 Å². The second-order valence-corrected chi connectivity index (χ2v) is 6.60. The number of benzene rings is 1. The van der Waals surface area contributed by atoms with Gasteiger partial charge in [-0.15, -0.1) is 0 Å². The largest absolute Gasteiger partial charge is 0.353 e. The molecule has 3 aromatic rings. The predicted octanol–water partition coefficient (Wildman–Crippen LogP) is 4.16. The van der Waals surface area contributed by atoms with Crippen LogP contribution in [0.25, 0.3) is 10.9 Å². The van der Waals surface area contributed by atoms with Gasteiger partial charge in [-0.2, -0.15) is 0 Å². The van der Waals surface area contributed by atoms with Gasteiger partial charge in [-0.1, -0.05) is 25.0 Å². The second-order valence-electron chi connectivity index (χ2n) is 6.60. The SMILES string of the molecule is Fc1cccc(CCN(c2ncnc3cnccc23)C2CCCC2)c1. The van der Waals surface area contributed by atoms with E-state index in [1.807, 2.05) is 12.1 Å². The summed E-state index contributed by atoms with van der Waals surface area (Å²) < 4.78 is 13.5. The van der Waals surface area contributed by atoms with E-state index in [0.29, 0.717) is 6.04 Å². The van der Waals surface area contributed by atoms with Crippen LogP contribution in [0.4, 0.5) is 10.2 Å². The molecule has 5 heteroatoms. The smallest absolute Gasteiger partial charge is 0.140 e. The van der Waals surface area contributed by atoms with E-state index in [9.17, 15) is 4.39 Å². The van der Waals surface area contributed by atoms with Gasteiger partial charge in [-0.25, -0.2) is 14.4 Å². The Bertz CT molecular complexity index is 856. The zero-order chi connectivity index (χ0) is 17.1. The Hall–Kier alpha value is -2.56. The Morgan fingerprint density at radius 1 is 1.12 bits per heavy atom. The summed E-state index contributed by atoms with van der Waals surface area (Å²) in [5, 5.41) is 1.03. The summed E-state index contributed by atoms with van der Waals surface area (Å²) in [6.45, 7) is 0.822. The normalized spacial score (nSPS) is 14.9. The number of hydrogen-bond donors (Lipinski definition) is 0. The first-order chi connectivity index (χ1) is 12.3. The third-order valence-corrected chi connectivity index (χ3v) is 4.99. The zero-order valence-corrected chi connectivity index (χ0v) is 14.1. The molecule has 0 bridgehead atoms. The van der Waals surface area contributed by atoms with Gasteiger partial charge >= 0.3 is 0 Å². The average molecular weight is 336 g/mol. The Labute approximate surface area is 146 Å². The van der Waals surface area contributed by atoms with Crippen molar-refractivity contribution >= 4 is 16.7 Å². The molecule has 1 aliphatic carbocycles. The fourth-order valence-corrected chi connectivity index (χ4v) is 3.74. The molecule has 2 aromatic heterocycles. The molecule has 128 valence electrons. The van der Waals surface area contributed by atoms with Crippen LogP contribution in [0.3, 0.4) is 0 Å². The Morgan fingerprint density at radius 2 is 2.00 bits per heavy atom. The Morgan fingerprint density at radius 3 is 2.84 bits per heavy atom. The van der Waals surface area contributed by atoms with Crippen molar-refractivity contribution in [3.63, 3.8) is 0 Å². The van der Waals surface area contributed by atoms with Crippen LogP contribution in [0, 0.1) is 5.82 Å². The van der Waals surface area contributed by atoms with Crippen LogP contribution in [0.5, 0.6) is 0 Å². The molecule has 0 atom stereocenters. The summed E-state index contributed by atoms with van der Waals surface area (Å²) in [5.74, 6) is 0.791. The number of aromatic nitrogens is 3. The summed E-state index contributed by atoms with van der Waals surface area (Å²) in [7, 11) is 0. The lowest BCUT2D eigenvalue weighted by Gasteiger charge is -2.31. The van der Waals surface area contributed by atoms with Crippen molar-refractivity contribution in [1.82, 2.24) is 15.0 Å². The van der Waals surface area contributed by atoms with Crippen LogP contribution in [-0.2, 0) is 6.42 Å². The van der Waals surface area contributed by atoms with Gasteiger partial charge in [-0.05, 0) is 43.0 Å². The van der Waals surface area contributed by atoms with Gasteiger partial charge in [0.1, 0.15) is 18.0 Å². The summed E-state index contributed by atoms with van der Waals surface area (Å²) in [4.78, 5) is 15.5. The Kier molecular flexibility index (Phi) is 4.55. The maximum absolute atomic E-state index is 13.5. The molecule has 0 N–H and O–H groups in total. The van der Waals surface area contributed by atoms with E-state index in [1.165, 1.54) is 31.7 Å². The molecular weight excluding hydrogens is 315 g/mol. The molecule has 2 heterocycles. The van der Waals surface area contributed by atoms with Crippen molar-refractivity contribution in [3.8, 4) is 0 Å². The summed E-state index contributed by atoms with van der Waals surface area (Å²) >= 11 is 0. The van der Waals surface area contributed by atoms with E-state index >= 15 is 0 Å². The average Bonchev–Trinajstić information content (AvgIpc) is 3.17. The van der Waals surface area contributed by atoms with Crippen LogP contribution in [-0.4, -0.2) is 27.5 Å². The maximum atomic E-state index is 13.5. The lowest BCUT2D eigenvalue weighted by Crippen LogP contribution is -2.36. The van der Waals surface area contributed by atoms with Crippen molar-refractivity contribution in [2.24, 2.45) is 0 Å². The topological polar surface area (TPSA) is 41.9 Å². The first-order valence-electron chi connectivity index (χ1n) is 8.87. The van der Waals surface area contributed by atoms with E-state index in [-0.39, 0.29) is 5.82 Å². The van der Waals surface area contributed by atoms with Crippen molar-refractivity contribution in [3.05, 3.63) is 60.4 Å². The molecular formula is C20H21FN4. The molecule has 1 aliphatic rings. The standard InChI is InChI=1S/C20H21FN4/c21-16-5-3-4-15(12-16)9-11-25(17-6-1-2-7-17)20-18-8-10-22-13-19(18)23-14-24-20/h3-5,8,10,12-14,17H,1-2,6-7,9,11H2. The molecule has 0 radical (unpaired) electrons. The highest BCUT2D eigenvalue weighted by atomic mass is 19.1. The van der Waals surface area contributed by atoms with Gasteiger partial charge in [0.25, 0.3) is 0 Å². The van der Waals surface area contributed by atoms with Crippen molar-refractivity contribution in [2.45, 2.75) is 38.1 Å². The molecule has 0 spiro atoms. The maximum Gasteiger partial charge on any atom is 0.140 e. The quantitative estimate of drug-likeness (QED) is 0.702.